The summed E-state index contributed by atoms with van der Waals surface area (Å²) in [7, 11) is 0. The lowest BCUT2D eigenvalue weighted by Crippen LogP contribution is -2.33. The number of nitrogens with zero attached hydrogens (tertiary/aromatic N) is 1. The lowest BCUT2D eigenvalue weighted by molar-refractivity contribution is -0.122. The highest BCUT2D eigenvalue weighted by Gasteiger charge is 2.34. The number of hydrogen-bond acceptors (Lipinski definition) is 4. The van der Waals surface area contributed by atoms with Gasteiger partial charge in [-0.25, -0.2) is 0 Å². The van der Waals surface area contributed by atoms with Gasteiger partial charge in [0.05, 0.1) is 11.6 Å². The Morgan fingerprint density at radius 3 is 2.60 bits per heavy atom. The maximum Gasteiger partial charge on any atom is 0.295 e. The second-order valence-electron chi connectivity index (χ2n) is 5.77. The van der Waals surface area contributed by atoms with Crippen LogP contribution in [0, 0.1) is 13.8 Å². The van der Waals surface area contributed by atoms with Crippen molar-refractivity contribution in [3.63, 3.8) is 0 Å². The van der Waals surface area contributed by atoms with E-state index in [1.807, 2.05) is 50.2 Å². The van der Waals surface area contributed by atoms with Gasteiger partial charge in [0, 0.05) is 10.7 Å². The molecule has 25 heavy (non-hydrogen) atoms. The lowest BCUT2D eigenvalue weighted by Gasteiger charge is -2.15. The van der Waals surface area contributed by atoms with Crippen molar-refractivity contribution in [1.82, 2.24) is 4.90 Å². The van der Waals surface area contributed by atoms with Gasteiger partial charge >= 0.3 is 0 Å². The first kappa shape index (κ1) is 17.6. The molecule has 1 N–H and O–H groups in total. The van der Waals surface area contributed by atoms with Crippen molar-refractivity contribution < 1.29 is 9.59 Å². The van der Waals surface area contributed by atoms with Gasteiger partial charge in [0.2, 0.25) is 0 Å². The topological polar surface area (TPSA) is 49.4 Å². The fourth-order valence-electron chi connectivity index (χ4n) is 2.39. The van der Waals surface area contributed by atoms with Gasteiger partial charge in [-0.05, 0) is 66.6 Å². The molecule has 0 radical (unpaired) electrons. The van der Waals surface area contributed by atoms with Gasteiger partial charge in [-0.3, -0.25) is 14.5 Å². The number of rotatable bonds is 4. The minimum atomic E-state index is -0.314. The highest BCUT2D eigenvalue weighted by molar-refractivity contribution is 8.18. The molecule has 0 bridgehead atoms. The van der Waals surface area contributed by atoms with E-state index in [1.54, 1.807) is 12.1 Å². The second kappa shape index (κ2) is 7.33. The molecule has 1 fully saturated rings. The SMILES string of the molecule is Cc1ccc(NCN2C(=O)S/C(=C\c3ccccc3Cl)C2=O)cc1C. The molecular formula is C19H17ClN2O2S. The number of halogens is 1. The standard InChI is InChI=1S/C19H17ClN2O2S/c1-12-7-8-15(9-13(12)2)21-11-22-18(23)17(25-19(22)24)10-14-5-3-4-6-16(14)20/h3-10,21H,11H2,1-2H3/b17-10-. The van der Waals surface area contributed by atoms with Crippen molar-refractivity contribution in [1.29, 1.82) is 0 Å². The van der Waals surface area contributed by atoms with Gasteiger partial charge in [0.1, 0.15) is 0 Å². The number of anilines is 1. The molecule has 2 amide bonds. The minimum Gasteiger partial charge on any atom is -0.367 e. The van der Waals surface area contributed by atoms with Gasteiger partial charge < -0.3 is 5.32 Å². The summed E-state index contributed by atoms with van der Waals surface area (Å²) < 4.78 is 0. The molecule has 0 aliphatic carbocycles. The summed E-state index contributed by atoms with van der Waals surface area (Å²) in [6.07, 6.45) is 1.66. The molecule has 1 aliphatic heterocycles. The Labute approximate surface area is 155 Å². The van der Waals surface area contributed by atoms with Crippen LogP contribution in [0.25, 0.3) is 6.08 Å². The van der Waals surface area contributed by atoms with Crippen LogP contribution in [0.5, 0.6) is 0 Å². The zero-order valence-electron chi connectivity index (χ0n) is 13.9. The number of carbonyl (C=O) groups excluding carboxylic acids is 2. The lowest BCUT2D eigenvalue weighted by atomic mass is 10.1. The van der Waals surface area contributed by atoms with Crippen LogP contribution in [-0.4, -0.2) is 22.7 Å². The summed E-state index contributed by atoms with van der Waals surface area (Å²) in [5.41, 5.74) is 3.94. The zero-order chi connectivity index (χ0) is 18.0. The largest absolute Gasteiger partial charge is 0.367 e. The smallest absolute Gasteiger partial charge is 0.295 e. The van der Waals surface area contributed by atoms with Crippen molar-refractivity contribution >= 4 is 46.3 Å². The molecular weight excluding hydrogens is 356 g/mol. The van der Waals surface area contributed by atoms with Crippen LogP contribution in [0.2, 0.25) is 5.02 Å². The van der Waals surface area contributed by atoms with Gasteiger partial charge in [-0.15, -0.1) is 0 Å². The number of hydrogen-bond donors (Lipinski definition) is 1. The van der Waals surface area contributed by atoms with E-state index in [9.17, 15) is 9.59 Å². The van der Waals surface area contributed by atoms with Crippen LogP contribution >= 0.6 is 23.4 Å². The first-order valence-corrected chi connectivity index (χ1v) is 8.96. The molecule has 1 saturated heterocycles. The third-order valence-corrected chi connectivity index (χ3v) is 5.27. The molecule has 1 aliphatic rings. The highest BCUT2D eigenvalue weighted by Crippen LogP contribution is 2.33. The summed E-state index contributed by atoms with van der Waals surface area (Å²) in [6, 6.07) is 13.1. The molecule has 3 rings (SSSR count). The fraction of sp³-hybridized carbons (Fsp3) is 0.158. The molecule has 0 aromatic heterocycles. The first-order chi connectivity index (χ1) is 12.0. The summed E-state index contributed by atoms with van der Waals surface area (Å²) in [5.74, 6) is -0.314. The molecule has 4 nitrogen and oxygen atoms in total. The molecule has 128 valence electrons. The molecule has 2 aromatic rings. The number of amides is 2. The minimum absolute atomic E-state index is 0.132. The molecule has 0 unspecified atom stereocenters. The number of aryl methyl sites for hydroxylation is 2. The monoisotopic (exact) mass is 372 g/mol. The average molecular weight is 373 g/mol. The van der Waals surface area contributed by atoms with Gasteiger partial charge in [0.15, 0.2) is 0 Å². The van der Waals surface area contributed by atoms with Crippen LogP contribution in [0.4, 0.5) is 10.5 Å². The summed E-state index contributed by atoms with van der Waals surface area (Å²) >= 11 is 7.04. The van der Waals surface area contributed by atoms with Crippen LogP contribution < -0.4 is 5.32 Å². The van der Waals surface area contributed by atoms with Crippen LogP contribution in [0.3, 0.4) is 0 Å². The highest BCUT2D eigenvalue weighted by atomic mass is 35.5. The summed E-state index contributed by atoms with van der Waals surface area (Å²) in [4.78, 5) is 26.2. The van der Waals surface area contributed by atoms with E-state index in [0.29, 0.717) is 9.93 Å². The van der Waals surface area contributed by atoms with Crippen molar-refractivity contribution in [3.05, 3.63) is 69.1 Å². The predicted molar refractivity (Wildman–Crippen MR) is 104 cm³/mol. The van der Waals surface area contributed by atoms with E-state index < -0.39 is 0 Å². The zero-order valence-corrected chi connectivity index (χ0v) is 15.4. The first-order valence-electron chi connectivity index (χ1n) is 7.77. The van der Waals surface area contributed by atoms with Crippen molar-refractivity contribution in [3.8, 4) is 0 Å². The third kappa shape index (κ3) is 3.89. The molecule has 6 heteroatoms. The maximum atomic E-state index is 12.5. The van der Waals surface area contributed by atoms with E-state index in [1.165, 1.54) is 10.5 Å². The van der Waals surface area contributed by atoms with Gasteiger partial charge in [-0.2, -0.15) is 0 Å². The van der Waals surface area contributed by atoms with Crippen LogP contribution in [0.1, 0.15) is 16.7 Å². The second-order valence-corrected chi connectivity index (χ2v) is 7.17. The number of benzene rings is 2. The number of thioether (sulfide) groups is 1. The number of nitrogens with one attached hydrogen (secondary N) is 1. The summed E-state index contributed by atoms with van der Waals surface area (Å²) in [6.45, 7) is 4.19. The van der Waals surface area contributed by atoms with Crippen LogP contribution in [-0.2, 0) is 4.79 Å². The Morgan fingerprint density at radius 1 is 1.12 bits per heavy atom. The van der Waals surface area contributed by atoms with E-state index in [2.05, 4.69) is 5.32 Å². The van der Waals surface area contributed by atoms with E-state index in [4.69, 9.17) is 11.6 Å². The van der Waals surface area contributed by atoms with Crippen molar-refractivity contribution in [2.75, 3.05) is 12.0 Å². The van der Waals surface area contributed by atoms with Crippen molar-refractivity contribution in [2.45, 2.75) is 13.8 Å². The van der Waals surface area contributed by atoms with E-state index in [0.717, 1.165) is 28.6 Å². The van der Waals surface area contributed by atoms with E-state index in [-0.39, 0.29) is 17.8 Å². The van der Waals surface area contributed by atoms with Gasteiger partial charge in [0.25, 0.3) is 11.1 Å². The van der Waals surface area contributed by atoms with Crippen LogP contribution in [0.15, 0.2) is 47.4 Å². The maximum absolute atomic E-state index is 12.5. The Hall–Kier alpha value is -2.24. The normalized spacial score (nSPS) is 16.0. The Balaban J connectivity index is 1.73. The Kier molecular flexibility index (Phi) is 5.16. The Morgan fingerprint density at radius 2 is 1.88 bits per heavy atom. The molecule has 0 spiro atoms. The molecule has 0 saturated carbocycles. The third-order valence-electron chi connectivity index (χ3n) is 4.01. The van der Waals surface area contributed by atoms with E-state index >= 15 is 0 Å². The number of carbonyl (C=O) groups is 2. The molecule has 0 atom stereocenters. The average Bonchev–Trinajstić information content (AvgIpc) is 2.85. The molecule has 2 aromatic carbocycles. The fourth-order valence-corrected chi connectivity index (χ4v) is 3.41. The summed E-state index contributed by atoms with van der Waals surface area (Å²) in [5, 5.41) is 3.38. The van der Waals surface area contributed by atoms with Gasteiger partial charge in [-0.1, -0.05) is 35.9 Å². The quantitative estimate of drug-likeness (QED) is 0.762. The predicted octanol–water partition coefficient (Wildman–Crippen LogP) is 5.06. The van der Waals surface area contributed by atoms with Crippen molar-refractivity contribution in [2.24, 2.45) is 0 Å². The molecule has 1 heterocycles. The number of imide groups is 1. The Bertz CT molecular complexity index is 879.